The van der Waals surface area contributed by atoms with Crippen molar-refractivity contribution in [3.05, 3.63) is 0 Å². The molecule has 0 aromatic heterocycles. The molecule has 0 saturated carbocycles. The lowest BCUT2D eigenvalue weighted by molar-refractivity contribution is -0.0179. The molecule has 0 aromatic carbocycles. The first kappa shape index (κ1) is 11.0. The van der Waals surface area contributed by atoms with Crippen molar-refractivity contribution in [3.8, 4) is 0 Å². The second-order valence-corrected chi connectivity index (χ2v) is 5.01. The van der Waals surface area contributed by atoms with Gasteiger partial charge in [-0.2, -0.15) is 0 Å². The molecule has 0 amide bonds. The summed E-state index contributed by atoms with van der Waals surface area (Å²) in [6.07, 6.45) is 2.81. The SMILES string of the molecule is CCC1CC(C)(C)CN(C)CCO1. The lowest BCUT2D eigenvalue weighted by Gasteiger charge is -2.36. The molecule has 1 fully saturated rings. The van der Waals surface area contributed by atoms with Crippen LogP contribution in [-0.4, -0.2) is 37.7 Å². The lowest BCUT2D eigenvalue weighted by Crippen LogP contribution is -2.39. The Morgan fingerprint density at radius 1 is 1.46 bits per heavy atom. The third-order valence-corrected chi connectivity index (χ3v) is 2.76. The van der Waals surface area contributed by atoms with Crippen LogP contribution < -0.4 is 0 Å². The Bertz CT molecular complexity index is 156. The van der Waals surface area contributed by atoms with Gasteiger partial charge in [0.25, 0.3) is 0 Å². The molecular weight excluding hydrogens is 162 g/mol. The van der Waals surface area contributed by atoms with E-state index in [0.29, 0.717) is 11.5 Å². The predicted octanol–water partition coefficient (Wildman–Crippen LogP) is 2.14. The number of hydrogen-bond acceptors (Lipinski definition) is 2. The van der Waals surface area contributed by atoms with Crippen LogP contribution in [0, 0.1) is 5.41 Å². The highest BCUT2D eigenvalue weighted by molar-refractivity contribution is 4.78. The Kier molecular flexibility index (Phi) is 3.74. The second-order valence-electron chi connectivity index (χ2n) is 5.01. The summed E-state index contributed by atoms with van der Waals surface area (Å²) >= 11 is 0. The first-order valence-electron chi connectivity index (χ1n) is 5.33. The monoisotopic (exact) mass is 185 g/mol. The molecule has 1 aliphatic heterocycles. The Balaban J connectivity index is 2.53. The topological polar surface area (TPSA) is 12.5 Å². The van der Waals surface area contributed by atoms with Gasteiger partial charge in [-0.05, 0) is 25.3 Å². The summed E-state index contributed by atoms with van der Waals surface area (Å²) < 4.78 is 5.80. The Labute approximate surface area is 82.3 Å². The standard InChI is InChI=1S/C11H23NO/c1-5-10-8-11(2,3)9-12(4)6-7-13-10/h10H,5-9H2,1-4H3. The molecule has 0 N–H and O–H groups in total. The van der Waals surface area contributed by atoms with E-state index in [1.165, 1.54) is 13.0 Å². The van der Waals surface area contributed by atoms with Gasteiger partial charge in [-0.1, -0.05) is 20.8 Å². The fourth-order valence-electron chi connectivity index (χ4n) is 2.19. The maximum atomic E-state index is 5.80. The van der Waals surface area contributed by atoms with E-state index in [4.69, 9.17) is 4.74 Å². The van der Waals surface area contributed by atoms with Crippen molar-refractivity contribution < 1.29 is 4.74 Å². The molecule has 2 nitrogen and oxygen atoms in total. The van der Waals surface area contributed by atoms with Crippen LogP contribution in [0.2, 0.25) is 0 Å². The number of rotatable bonds is 1. The van der Waals surface area contributed by atoms with Gasteiger partial charge in [0.1, 0.15) is 0 Å². The van der Waals surface area contributed by atoms with Gasteiger partial charge in [0.05, 0.1) is 12.7 Å². The van der Waals surface area contributed by atoms with Gasteiger partial charge >= 0.3 is 0 Å². The molecule has 0 spiro atoms. The van der Waals surface area contributed by atoms with E-state index in [-0.39, 0.29) is 0 Å². The summed E-state index contributed by atoms with van der Waals surface area (Å²) in [6.45, 7) is 10.0. The zero-order valence-corrected chi connectivity index (χ0v) is 9.47. The molecule has 1 atom stereocenters. The summed E-state index contributed by atoms with van der Waals surface area (Å²) in [4.78, 5) is 2.37. The molecule has 0 radical (unpaired) electrons. The maximum absolute atomic E-state index is 5.80. The number of ether oxygens (including phenoxy) is 1. The fourth-order valence-corrected chi connectivity index (χ4v) is 2.19. The molecule has 1 unspecified atom stereocenters. The Morgan fingerprint density at radius 3 is 2.77 bits per heavy atom. The first-order chi connectivity index (χ1) is 6.03. The number of hydrogen-bond donors (Lipinski definition) is 0. The first-order valence-corrected chi connectivity index (χ1v) is 5.33. The maximum Gasteiger partial charge on any atom is 0.0597 e. The van der Waals surface area contributed by atoms with Crippen molar-refractivity contribution in [2.24, 2.45) is 5.41 Å². The summed E-state index contributed by atoms with van der Waals surface area (Å²) in [7, 11) is 2.18. The van der Waals surface area contributed by atoms with Gasteiger partial charge in [0.2, 0.25) is 0 Å². The van der Waals surface area contributed by atoms with Crippen LogP contribution in [-0.2, 0) is 4.74 Å². The molecule has 78 valence electrons. The minimum Gasteiger partial charge on any atom is -0.377 e. The quantitative estimate of drug-likeness (QED) is 0.620. The van der Waals surface area contributed by atoms with Crippen molar-refractivity contribution in [3.63, 3.8) is 0 Å². The van der Waals surface area contributed by atoms with Crippen molar-refractivity contribution >= 4 is 0 Å². The van der Waals surface area contributed by atoms with Crippen molar-refractivity contribution in [2.45, 2.75) is 39.7 Å². The summed E-state index contributed by atoms with van der Waals surface area (Å²) in [5, 5.41) is 0. The third kappa shape index (κ3) is 3.65. The van der Waals surface area contributed by atoms with Crippen LogP contribution in [0.25, 0.3) is 0 Å². The van der Waals surface area contributed by atoms with E-state index in [9.17, 15) is 0 Å². The molecule has 1 aliphatic rings. The van der Waals surface area contributed by atoms with E-state index in [1.807, 2.05) is 0 Å². The predicted molar refractivity (Wildman–Crippen MR) is 55.9 cm³/mol. The third-order valence-electron chi connectivity index (χ3n) is 2.76. The second kappa shape index (κ2) is 4.43. The highest BCUT2D eigenvalue weighted by atomic mass is 16.5. The largest absolute Gasteiger partial charge is 0.377 e. The number of nitrogens with zero attached hydrogens (tertiary/aromatic N) is 1. The van der Waals surface area contributed by atoms with Crippen LogP contribution in [0.1, 0.15) is 33.6 Å². The van der Waals surface area contributed by atoms with Gasteiger partial charge in [-0.3, -0.25) is 0 Å². The van der Waals surface area contributed by atoms with Crippen LogP contribution in [0.15, 0.2) is 0 Å². The zero-order chi connectivity index (χ0) is 9.90. The van der Waals surface area contributed by atoms with Gasteiger partial charge in [-0.25, -0.2) is 0 Å². The molecule has 2 heteroatoms. The molecule has 1 saturated heterocycles. The normalized spacial score (nSPS) is 30.9. The Morgan fingerprint density at radius 2 is 2.15 bits per heavy atom. The van der Waals surface area contributed by atoms with Crippen LogP contribution in [0.5, 0.6) is 0 Å². The average molecular weight is 185 g/mol. The molecule has 13 heavy (non-hydrogen) atoms. The summed E-state index contributed by atoms with van der Waals surface area (Å²) in [6, 6.07) is 0. The lowest BCUT2D eigenvalue weighted by atomic mass is 9.85. The minimum atomic E-state index is 0.399. The van der Waals surface area contributed by atoms with E-state index < -0.39 is 0 Å². The molecule has 1 rings (SSSR count). The minimum absolute atomic E-state index is 0.399. The van der Waals surface area contributed by atoms with Crippen molar-refractivity contribution in [1.29, 1.82) is 0 Å². The summed E-state index contributed by atoms with van der Waals surface area (Å²) in [5.41, 5.74) is 0.399. The van der Waals surface area contributed by atoms with E-state index in [0.717, 1.165) is 19.6 Å². The molecule has 0 bridgehead atoms. The fraction of sp³-hybridized carbons (Fsp3) is 1.00. The van der Waals surface area contributed by atoms with E-state index >= 15 is 0 Å². The molecule has 0 aromatic rings. The van der Waals surface area contributed by atoms with Crippen molar-refractivity contribution in [2.75, 3.05) is 26.7 Å². The molecular formula is C11H23NO. The highest BCUT2D eigenvalue weighted by Gasteiger charge is 2.26. The smallest absolute Gasteiger partial charge is 0.0597 e. The molecule has 1 heterocycles. The van der Waals surface area contributed by atoms with Gasteiger partial charge in [0, 0.05) is 13.1 Å². The Hall–Kier alpha value is -0.0800. The molecule has 0 aliphatic carbocycles. The highest BCUT2D eigenvalue weighted by Crippen LogP contribution is 2.27. The summed E-state index contributed by atoms with van der Waals surface area (Å²) in [5.74, 6) is 0. The van der Waals surface area contributed by atoms with E-state index in [1.54, 1.807) is 0 Å². The van der Waals surface area contributed by atoms with Crippen LogP contribution in [0.3, 0.4) is 0 Å². The average Bonchev–Trinajstić information content (AvgIpc) is 1.98. The van der Waals surface area contributed by atoms with Gasteiger partial charge < -0.3 is 9.64 Å². The van der Waals surface area contributed by atoms with Crippen molar-refractivity contribution in [1.82, 2.24) is 4.90 Å². The van der Waals surface area contributed by atoms with Crippen LogP contribution >= 0.6 is 0 Å². The van der Waals surface area contributed by atoms with Gasteiger partial charge in [-0.15, -0.1) is 0 Å². The number of likely N-dealkylation sites (N-methyl/N-ethyl adjacent to an activating group) is 1. The van der Waals surface area contributed by atoms with Gasteiger partial charge in [0.15, 0.2) is 0 Å². The zero-order valence-electron chi connectivity index (χ0n) is 9.47. The van der Waals surface area contributed by atoms with Crippen LogP contribution in [0.4, 0.5) is 0 Å². The van der Waals surface area contributed by atoms with E-state index in [2.05, 4.69) is 32.7 Å².